The number of carbonyl (C=O) groups excluding carboxylic acids is 1. The first kappa shape index (κ1) is 16.1. The zero-order chi connectivity index (χ0) is 15.8. The van der Waals surface area contributed by atoms with E-state index in [0.29, 0.717) is 49.6 Å². The van der Waals surface area contributed by atoms with E-state index in [2.05, 4.69) is 25.6 Å². The van der Waals surface area contributed by atoms with E-state index in [4.69, 9.17) is 11.5 Å². The van der Waals surface area contributed by atoms with Gasteiger partial charge in [0, 0.05) is 26.1 Å². The van der Waals surface area contributed by atoms with Crippen molar-refractivity contribution in [3.63, 3.8) is 0 Å². The molecule has 0 aliphatic rings. The van der Waals surface area contributed by atoms with Crippen molar-refractivity contribution >= 4 is 22.9 Å². The van der Waals surface area contributed by atoms with Crippen molar-refractivity contribution in [2.24, 2.45) is 5.73 Å². The van der Waals surface area contributed by atoms with Crippen LogP contribution in [-0.4, -0.2) is 51.6 Å². The number of imidazole rings is 1. The molecule has 0 fully saturated rings. The van der Waals surface area contributed by atoms with Crippen LogP contribution in [0.2, 0.25) is 0 Å². The van der Waals surface area contributed by atoms with Gasteiger partial charge in [-0.2, -0.15) is 0 Å². The molecule has 2 heterocycles. The fourth-order valence-corrected chi connectivity index (χ4v) is 2.02. The van der Waals surface area contributed by atoms with Gasteiger partial charge in [-0.25, -0.2) is 15.0 Å². The molecule has 0 radical (unpaired) electrons. The van der Waals surface area contributed by atoms with Gasteiger partial charge in [-0.15, -0.1) is 0 Å². The van der Waals surface area contributed by atoms with Crippen LogP contribution in [-0.2, 0) is 11.3 Å². The summed E-state index contributed by atoms with van der Waals surface area (Å²) in [5.41, 5.74) is 12.4. The molecule has 1 amide bonds. The van der Waals surface area contributed by atoms with Crippen molar-refractivity contribution < 1.29 is 4.79 Å². The molecule has 0 aromatic carbocycles. The molecule has 6 N–H and O–H groups in total. The molecule has 2 aromatic heterocycles. The van der Waals surface area contributed by atoms with E-state index in [1.165, 1.54) is 6.33 Å². The first-order valence-electron chi connectivity index (χ1n) is 7.31. The molecule has 2 aromatic rings. The van der Waals surface area contributed by atoms with Gasteiger partial charge in [-0.3, -0.25) is 4.79 Å². The smallest absolute Gasteiger partial charge is 0.221 e. The molecule has 0 aliphatic heterocycles. The molecular formula is C13H22N8O. The van der Waals surface area contributed by atoms with Gasteiger partial charge >= 0.3 is 0 Å². The number of nitrogens with zero attached hydrogens (tertiary/aromatic N) is 4. The second-order valence-corrected chi connectivity index (χ2v) is 4.86. The van der Waals surface area contributed by atoms with Gasteiger partial charge in [0.1, 0.15) is 11.8 Å². The zero-order valence-corrected chi connectivity index (χ0v) is 12.5. The molecule has 2 rings (SSSR count). The van der Waals surface area contributed by atoms with Crippen LogP contribution in [0.4, 0.5) is 5.82 Å². The Morgan fingerprint density at radius 1 is 1.23 bits per heavy atom. The van der Waals surface area contributed by atoms with Gasteiger partial charge in [0.2, 0.25) is 5.91 Å². The molecule has 120 valence electrons. The van der Waals surface area contributed by atoms with Crippen molar-refractivity contribution in [3.8, 4) is 0 Å². The molecule has 0 atom stereocenters. The van der Waals surface area contributed by atoms with Crippen molar-refractivity contribution in [3.05, 3.63) is 12.7 Å². The number of carbonyl (C=O) groups is 1. The molecular weight excluding hydrogens is 284 g/mol. The first-order chi connectivity index (χ1) is 10.7. The Bertz CT molecular complexity index is 611. The lowest BCUT2D eigenvalue weighted by Crippen LogP contribution is -2.30. The average Bonchev–Trinajstić information content (AvgIpc) is 2.92. The molecule has 0 spiro atoms. The van der Waals surface area contributed by atoms with Crippen molar-refractivity contribution in [2.75, 3.05) is 31.9 Å². The minimum absolute atomic E-state index is 0.0128. The average molecular weight is 306 g/mol. The number of anilines is 1. The molecule has 0 unspecified atom stereocenters. The molecule has 22 heavy (non-hydrogen) atoms. The summed E-state index contributed by atoms with van der Waals surface area (Å²) in [7, 11) is 0. The van der Waals surface area contributed by atoms with Gasteiger partial charge < -0.3 is 26.7 Å². The molecule has 0 aliphatic carbocycles. The van der Waals surface area contributed by atoms with Crippen LogP contribution in [0, 0.1) is 0 Å². The summed E-state index contributed by atoms with van der Waals surface area (Å²) in [4.78, 5) is 23.9. The Morgan fingerprint density at radius 3 is 2.91 bits per heavy atom. The van der Waals surface area contributed by atoms with Crippen LogP contribution in [0.1, 0.15) is 12.8 Å². The van der Waals surface area contributed by atoms with E-state index >= 15 is 0 Å². The predicted molar refractivity (Wildman–Crippen MR) is 83.9 cm³/mol. The van der Waals surface area contributed by atoms with Gasteiger partial charge in [0.25, 0.3) is 0 Å². The Balaban J connectivity index is 1.71. The number of fused-ring (bicyclic) bond motifs is 1. The highest BCUT2D eigenvalue weighted by Gasteiger charge is 2.07. The van der Waals surface area contributed by atoms with Crippen LogP contribution in [0.3, 0.4) is 0 Å². The largest absolute Gasteiger partial charge is 0.382 e. The number of aromatic nitrogens is 4. The van der Waals surface area contributed by atoms with Crippen LogP contribution in [0.5, 0.6) is 0 Å². The minimum Gasteiger partial charge on any atom is -0.382 e. The number of rotatable bonds is 9. The van der Waals surface area contributed by atoms with Gasteiger partial charge in [0.15, 0.2) is 11.5 Å². The maximum absolute atomic E-state index is 11.7. The number of nitrogens with one attached hydrogen (secondary N) is 2. The molecule has 0 bridgehead atoms. The Labute approximate surface area is 128 Å². The predicted octanol–water partition coefficient (Wildman–Crippen LogP) is -1.15. The highest BCUT2D eigenvalue weighted by molar-refractivity contribution is 5.81. The van der Waals surface area contributed by atoms with Crippen molar-refractivity contribution in [1.82, 2.24) is 30.2 Å². The number of hydrogen-bond donors (Lipinski definition) is 4. The SMILES string of the molecule is NCCCNCCC(=O)NCCn1cnc2c(N)ncnc21. The highest BCUT2D eigenvalue weighted by atomic mass is 16.1. The monoisotopic (exact) mass is 306 g/mol. The van der Waals surface area contributed by atoms with Gasteiger partial charge in [-0.05, 0) is 19.5 Å². The van der Waals surface area contributed by atoms with E-state index in [0.717, 1.165) is 13.0 Å². The van der Waals surface area contributed by atoms with Crippen molar-refractivity contribution in [2.45, 2.75) is 19.4 Å². The quantitative estimate of drug-likeness (QED) is 0.429. The standard InChI is InChI=1S/C13H22N8O/c14-3-1-4-16-5-2-10(22)17-6-7-21-9-20-11-12(15)18-8-19-13(11)21/h8-9,16H,1-7,14H2,(H,17,22)(H2,15,18,19). The normalized spacial score (nSPS) is 11.0. The summed E-state index contributed by atoms with van der Waals surface area (Å²) < 4.78 is 1.84. The number of amides is 1. The topological polar surface area (TPSA) is 137 Å². The Hall–Kier alpha value is -2.26. The van der Waals surface area contributed by atoms with Crippen LogP contribution in [0.15, 0.2) is 12.7 Å². The lowest BCUT2D eigenvalue weighted by Gasteiger charge is -2.07. The van der Waals surface area contributed by atoms with Crippen LogP contribution < -0.4 is 22.1 Å². The van der Waals surface area contributed by atoms with Crippen LogP contribution in [0.25, 0.3) is 11.2 Å². The molecule has 0 saturated carbocycles. The van der Waals surface area contributed by atoms with E-state index in [9.17, 15) is 4.79 Å². The van der Waals surface area contributed by atoms with Crippen molar-refractivity contribution in [1.29, 1.82) is 0 Å². The highest BCUT2D eigenvalue weighted by Crippen LogP contribution is 2.13. The zero-order valence-electron chi connectivity index (χ0n) is 12.5. The van der Waals surface area contributed by atoms with Gasteiger partial charge in [0.05, 0.1) is 6.33 Å². The Morgan fingerprint density at radius 2 is 2.09 bits per heavy atom. The summed E-state index contributed by atoms with van der Waals surface area (Å²) in [6, 6.07) is 0. The summed E-state index contributed by atoms with van der Waals surface area (Å²) in [5.74, 6) is 0.371. The number of nitrogen functional groups attached to an aromatic ring is 1. The van der Waals surface area contributed by atoms with E-state index < -0.39 is 0 Å². The molecule has 0 saturated heterocycles. The van der Waals surface area contributed by atoms with E-state index in [1.54, 1.807) is 6.33 Å². The fourth-order valence-electron chi connectivity index (χ4n) is 2.02. The summed E-state index contributed by atoms with van der Waals surface area (Å²) >= 11 is 0. The maximum Gasteiger partial charge on any atom is 0.221 e. The third-order valence-electron chi connectivity index (χ3n) is 3.19. The lowest BCUT2D eigenvalue weighted by molar-refractivity contribution is -0.121. The van der Waals surface area contributed by atoms with E-state index in [-0.39, 0.29) is 5.91 Å². The second-order valence-electron chi connectivity index (χ2n) is 4.86. The fraction of sp³-hybridized carbons (Fsp3) is 0.538. The van der Waals surface area contributed by atoms with E-state index in [1.807, 2.05) is 4.57 Å². The second kappa shape index (κ2) is 8.25. The minimum atomic E-state index is 0.0128. The lowest BCUT2D eigenvalue weighted by atomic mass is 10.3. The maximum atomic E-state index is 11.7. The van der Waals surface area contributed by atoms with Gasteiger partial charge in [-0.1, -0.05) is 0 Å². The summed E-state index contributed by atoms with van der Waals surface area (Å²) in [5, 5.41) is 6.03. The summed E-state index contributed by atoms with van der Waals surface area (Å²) in [6.07, 6.45) is 4.42. The van der Waals surface area contributed by atoms with Crippen LogP contribution >= 0.6 is 0 Å². The molecule has 9 nitrogen and oxygen atoms in total. The molecule has 9 heteroatoms. The third kappa shape index (κ3) is 4.37. The Kier molecular flexibility index (Phi) is 6.04. The number of hydrogen-bond acceptors (Lipinski definition) is 7. The third-order valence-corrected chi connectivity index (χ3v) is 3.19. The number of nitrogens with two attached hydrogens (primary N) is 2. The first-order valence-corrected chi connectivity index (χ1v) is 7.31. The summed E-state index contributed by atoms with van der Waals surface area (Å²) in [6.45, 7) is 3.25.